The van der Waals surface area contributed by atoms with Gasteiger partial charge in [0.1, 0.15) is 29.3 Å². The number of anilines is 1. The molecule has 0 unspecified atom stereocenters. The smallest absolute Gasteiger partial charge is 0.146 e. The third kappa shape index (κ3) is 2.87. The summed E-state index contributed by atoms with van der Waals surface area (Å²) in [6.45, 7) is 5.02. The minimum Gasteiger partial charge on any atom is -0.494 e. The van der Waals surface area contributed by atoms with Crippen molar-refractivity contribution in [3.8, 4) is 17.1 Å². The molecular weight excluding hydrogens is 252 g/mol. The Kier molecular flexibility index (Phi) is 4.87. The van der Waals surface area contributed by atoms with Gasteiger partial charge in [-0.2, -0.15) is 0 Å². The van der Waals surface area contributed by atoms with E-state index < -0.39 is 0 Å². The number of ether oxygens (including phenoxy) is 1. The van der Waals surface area contributed by atoms with E-state index in [0.29, 0.717) is 0 Å². The number of methoxy groups -OCH3 is 1. The van der Waals surface area contributed by atoms with Crippen molar-refractivity contribution in [3.63, 3.8) is 0 Å². The standard InChI is InChI=1S/C15H20N4O/c1-4-7-11-13(18-10-19-15(11)16-5-2)14-12(20-3)8-6-9-17-14/h6,8-10H,4-5,7H2,1-3H3,(H,16,18,19). The van der Waals surface area contributed by atoms with Crippen molar-refractivity contribution in [1.82, 2.24) is 15.0 Å². The van der Waals surface area contributed by atoms with Crippen LogP contribution in [0.4, 0.5) is 5.82 Å². The quantitative estimate of drug-likeness (QED) is 0.876. The van der Waals surface area contributed by atoms with Crippen LogP contribution in [0, 0.1) is 0 Å². The molecule has 0 aliphatic rings. The van der Waals surface area contributed by atoms with E-state index in [1.807, 2.05) is 12.1 Å². The van der Waals surface area contributed by atoms with Gasteiger partial charge in [-0.15, -0.1) is 0 Å². The lowest BCUT2D eigenvalue weighted by atomic mass is 10.1. The molecule has 5 nitrogen and oxygen atoms in total. The highest BCUT2D eigenvalue weighted by atomic mass is 16.5. The maximum absolute atomic E-state index is 5.39. The molecule has 20 heavy (non-hydrogen) atoms. The van der Waals surface area contributed by atoms with Crippen LogP contribution >= 0.6 is 0 Å². The fraction of sp³-hybridized carbons (Fsp3) is 0.400. The molecule has 0 fully saturated rings. The van der Waals surface area contributed by atoms with Crippen molar-refractivity contribution < 1.29 is 4.74 Å². The molecule has 0 spiro atoms. The van der Waals surface area contributed by atoms with Gasteiger partial charge in [0.25, 0.3) is 0 Å². The number of hydrogen-bond donors (Lipinski definition) is 1. The van der Waals surface area contributed by atoms with E-state index in [1.54, 1.807) is 19.6 Å². The van der Waals surface area contributed by atoms with E-state index >= 15 is 0 Å². The molecule has 0 saturated heterocycles. The zero-order valence-electron chi connectivity index (χ0n) is 12.2. The lowest BCUT2D eigenvalue weighted by Gasteiger charge is -2.14. The number of nitrogens with one attached hydrogen (secondary N) is 1. The first kappa shape index (κ1) is 14.2. The van der Waals surface area contributed by atoms with Gasteiger partial charge in [-0.1, -0.05) is 13.3 Å². The lowest BCUT2D eigenvalue weighted by Crippen LogP contribution is -2.07. The van der Waals surface area contributed by atoms with E-state index in [2.05, 4.69) is 34.1 Å². The molecule has 0 radical (unpaired) electrons. The molecule has 5 heteroatoms. The van der Waals surface area contributed by atoms with Crippen molar-refractivity contribution in [3.05, 3.63) is 30.2 Å². The fourth-order valence-corrected chi connectivity index (χ4v) is 2.16. The second-order valence-corrected chi connectivity index (χ2v) is 4.38. The molecule has 2 aromatic rings. The molecular formula is C15H20N4O. The first-order valence-corrected chi connectivity index (χ1v) is 6.88. The van der Waals surface area contributed by atoms with Crippen LogP contribution in [0.5, 0.6) is 5.75 Å². The molecule has 106 valence electrons. The van der Waals surface area contributed by atoms with Crippen LogP contribution in [-0.2, 0) is 6.42 Å². The third-order valence-electron chi connectivity index (χ3n) is 3.00. The number of hydrogen-bond acceptors (Lipinski definition) is 5. The average Bonchev–Trinajstić information content (AvgIpc) is 2.49. The van der Waals surface area contributed by atoms with Crippen LogP contribution in [-0.4, -0.2) is 28.6 Å². The largest absolute Gasteiger partial charge is 0.494 e. The first-order valence-electron chi connectivity index (χ1n) is 6.88. The summed E-state index contributed by atoms with van der Waals surface area (Å²) in [5.74, 6) is 1.61. The Morgan fingerprint density at radius 2 is 2.00 bits per heavy atom. The number of nitrogens with zero attached hydrogens (tertiary/aromatic N) is 3. The Labute approximate surface area is 119 Å². The van der Waals surface area contributed by atoms with Gasteiger partial charge < -0.3 is 10.1 Å². The van der Waals surface area contributed by atoms with Crippen molar-refractivity contribution in [2.45, 2.75) is 26.7 Å². The molecule has 0 aliphatic heterocycles. The summed E-state index contributed by atoms with van der Waals surface area (Å²) in [6, 6.07) is 3.75. The van der Waals surface area contributed by atoms with Crippen LogP contribution in [0.2, 0.25) is 0 Å². The Morgan fingerprint density at radius 1 is 1.15 bits per heavy atom. The van der Waals surface area contributed by atoms with Crippen molar-refractivity contribution >= 4 is 5.82 Å². The Hall–Kier alpha value is -2.17. The number of aromatic nitrogens is 3. The monoisotopic (exact) mass is 272 g/mol. The zero-order valence-corrected chi connectivity index (χ0v) is 12.2. The minimum atomic E-state index is 0.728. The molecule has 0 aromatic carbocycles. The fourth-order valence-electron chi connectivity index (χ4n) is 2.16. The summed E-state index contributed by atoms with van der Waals surface area (Å²) in [4.78, 5) is 13.2. The van der Waals surface area contributed by atoms with E-state index in [0.717, 1.165) is 47.9 Å². The summed E-state index contributed by atoms with van der Waals surface area (Å²) in [6.07, 6.45) is 5.25. The van der Waals surface area contributed by atoms with Gasteiger partial charge in [0.2, 0.25) is 0 Å². The topological polar surface area (TPSA) is 59.9 Å². The van der Waals surface area contributed by atoms with Gasteiger partial charge in [0.05, 0.1) is 7.11 Å². The Balaban J connectivity index is 2.57. The molecule has 0 aliphatic carbocycles. The summed E-state index contributed by atoms with van der Waals surface area (Å²) in [5, 5.41) is 3.29. The molecule has 0 bridgehead atoms. The van der Waals surface area contributed by atoms with Crippen LogP contribution in [0.1, 0.15) is 25.8 Å². The number of pyridine rings is 1. The van der Waals surface area contributed by atoms with E-state index in [1.165, 1.54) is 0 Å². The highest BCUT2D eigenvalue weighted by Gasteiger charge is 2.16. The summed E-state index contributed by atoms with van der Waals surface area (Å²) in [5.41, 5.74) is 2.70. The normalized spacial score (nSPS) is 10.3. The van der Waals surface area contributed by atoms with Gasteiger partial charge in [-0.3, -0.25) is 4.98 Å². The Morgan fingerprint density at radius 3 is 2.70 bits per heavy atom. The molecule has 0 amide bonds. The predicted molar refractivity (Wildman–Crippen MR) is 80.0 cm³/mol. The van der Waals surface area contributed by atoms with E-state index in [4.69, 9.17) is 4.74 Å². The van der Waals surface area contributed by atoms with Gasteiger partial charge in [0.15, 0.2) is 0 Å². The zero-order chi connectivity index (χ0) is 14.4. The molecule has 2 rings (SSSR count). The second-order valence-electron chi connectivity index (χ2n) is 4.38. The molecule has 0 saturated carbocycles. The van der Waals surface area contributed by atoms with Crippen molar-refractivity contribution in [2.24, 2.45) is 0 Å². The van der Waals surface area contributed by atoms with Crippen molar-refractivity contribution in [2.75, 3.05) is 19.0 Å². The highest BCUT2D eigenvalue weighted by molar-refractivity contribution is 5.70. The molecule has 2 heterocycles. The minimum absolute atomic E-state index is 0.728. The highest BCUT2D eigenvalue weighted by Crippen LogP contribution is 2.31. The van der Waals surface area contributed by atoms with Gasteiger partial charge in [-0.25, -0.2) is 9.97 Å². The summed E-state index contributed by atoms with van der Waals surface area (Å²) < 4.78 is 5.39. The molecule has 1 N–H and O–H groups in total. The molecule has 0 atom stereocenters. The lowest BCUT2D eigenvalue weighted by molar-refractivity contribution is 0.414. The molecule has 2 aromatic heterocycles. The second kappa shape index (κ2) is 6.84. The van der Waals surface area contributed by atoms with Gasteiger partial charge in [-0.05, 0) is 25.5 Å². The van der Waals surface area contributed by atoms with Crippen LogP contribution in [0.25, 0.3) is 11.4 Å². The summed E-state index contributed by atoms with van der Waals surface area (Å²) in [7, 11) is 1.65. The van der Waals surface area contributed by atoms with Crippen LogP contribution in [0.3, 0.4) is 0 Å². The number of rotatable bonds is 6. The Bertz CT molecular complexity index is 572. The van der Waals surface area contributed by atoms with E-state index in [9.17, 15) is 0 Å². The predicted octanol–water partition coefficient (Wildman–Crippen LogP) is 2.93. The van der Waals surface area contributed by atoms with E-state index in [-0.39, 0.29) is 0 Å². The third-order valence-corrected chi connectivity index (χ3v) is 3.00. The van der Waals surface area contributed by atoms with Gasteiger partial charge >= 0.3 is 0 Å². The average molecular weight is 272 g/mol. The first-order chi connectivity index (χ1) is 9.81. The maximum atomic E-state index is 5.39. The van der Waals surface area contributed by atoms with Crippen LogP contribution < -0.4 is 10.1 Å². The van der Waals surface area contributed by atoms with Crippen LogP contribution in [0.15, 0.2) is 24.7 Å². The SMILES string of the molecule is CCCc1c(NCC)ncnc1-c1ncccc1OC. The van der Waals surface area contributed by atoms with Crippen molar-refractivity contribution in [1.29, 1.82) is 0 Å². The van der Waals surface area contributed by atoms with Gasteiger partial charge in [0, 0.05) is 18.3 Å². The maximum Gasteiger partial charge on any atom is 0.146 e. The summed E-state index contributed by atoms with van der Waals surface area (Å²) >= 11 is 0.